The van der Waals surface area contributed by atoms with E-state index in [4.69, 9.17) is 5.11 Å². The first-order valence-corrected chi connectivity index (χ1v) is 6.70. The first-order valence-electron chi connectivity index (χ1n) is 6.70. The zero-order valence-electron chi connectivity index (χ0n) is 10.8. The molecule has 1 aliphatic rings. The standard InChI is InChI=1S/C15H20N2O/c1-11-15(12-6-7-17(10-12)8-9-18)13-4-2-3-5-14(13)16-11/h2-5,12,16,18H,6-10H2,1H3. The Balaban J connectivity index is 1.93. The van der Waals surface area contributed by atoms with Crippen molar-refractivity contribution in [1.82, 2.24) is 9.88 Å². The number of H-pyrrole nitrogens is 1. The number of hydrogen-bond acceptors (Lipinski definition) is 2. The van der Waals surface area contributed by atoms with Gasteiger partial charge in [0.05, 0.1) is 6.61 Å². The number of benzene rings is 1. The Kier molecular flexibility index (Phi) is 3.10. The van der Waals surface area contributed by atoms with Crippen LogP contribution in [0, 0.1) is 6.92 Å². The van der Waals surface area contributed by atoms with Crippen LogP contribution in [0.5, 0.6) is 0 Å². The first-order chi connectivity index (χ1) is 8.79. The third-order valence-electron chi connectivity index (χ3n) is 4.04. The molecule has 1 aliphatic heterocycles. The van der Waals surface area contributed by atoms with Crippen LogP contribution in [0.2, 0.25) is 0 Å². The summed E-state index contributed by atoms with van der Waals surface area (Å²) in [5, 5.41) is 10.4. The summed E-state index contributed by atoms with van der Waals surface area (Å²) in [6, 6.07) is 8.55. The van der Waals surface area contributed by atoms with E-state index in [-0.39, 0.29) is 6.61 Å². The molecule has 2 heterocycles. The third kappa shape index (κ3) is 1.93. The van der Waals surface area contributed by atoms with Gasteiger partial charge in [-0.3, -0.25) is 0 Å². The van der Waals surface area contributed by atoms with Gasteiger partial charge in [-0.15, -0.1) is 0 Å². The number of aliphatic hydroxyl groups is 1. The molecule has 3 rings (SSSR count). The fourth-order valence-electron chi connectivity index (χ4n) is 3.24. The zero-order chi connectivity index (χ0) is 12.5. The number of aliphatic hydroxyl groups excluding tert-OH is 1. The number of para-hydroxylation sites is 1. The highest BCUT2D eigenvalue weighted by molar-refractivity contribution is 5.85. The van der Waals surface area contributed by atoms with E-state index in [2.05, 4.69) is 41.1 Å². The number of nitrogens with one attached hydrogen (secondary N) is 1. The van der Waals surface area contributed by atoms with Gasteiger partial charge >= 0.3 is 0 Å². The van der Waals surface area contributed by atoms with Crippen LogP contribution >= 0.6 is 0 Å². The lowest BCUT2D eigenvalue weighted by atomic mass is 9.95. The fraction of sp³-hybridized carbons (Fsp3) is 0.467. The Morgan fingerprint density at radius 2 is 2.22 bits per heavy atom. The molecule has 1 fully saturated rings. The number of β-amino-alcohol motifs (C(OH)–C–C–N with tert-alkyl or cyclic N) is 1. The lowest BCUT2D eigenvalue weighted by molar-refractivity contribution is 0.220. The van der Waals surface area contributed by atoms with Crippen LogP contribution in [0.25, 0.3) is 10.9 Å². The van der Waals surface area contributed by atoms with Crippen molar-refractivity contribution in [3.05, 3.63) is 35.5 Å². The van der Waals surface area contributed by atoms with E-state index >= 15 is 0 Å². The fourth-order valence-corrected chi connectivity index (χ4v) is 3.24. The zero-order valence-corrected chi connectivity index (χ0v) is 10.8. The van der Waals surface area contributed by atoms with Crippen molar-refractivity contribution in [2.75, 3.05) is 26.2 Å². The smallest absolute Gasteiger partial charge is 0.0558 e. The average molecular weight is 244 g/mol. The van der Waals surface area contributed by atoms with E-state index in [0.717, 1.165) is 19.6 Å². The predicted octanol–water partition coefficient (Wildman–Crippen LogP) is 2.26. The highest BCUT2D eigenvalue weighted by Crippen LogP contribution is 2.34. The van der Waals surface area contributed by atoms with E-state index in [0.29, 0.717) is 5.92 Å². The van der Waals surface area contributed by atoms with Crippen molar-refractivity contribution in [2.24, 2.45) is 0 Å². The maximum absolute atomic E-state index is 9.02. The van der Waals surface area contributed by atoms with Gasteiger partial charge < -0.3 is 15.0 Å². The molecular weight excluding hydrogens is 224 g/mol. The number of aryl methyl sites for hydroxylation is 1. The van der Waals surface area contributed by atoms with E-state index in [1.54, 1.807) is 0 Å². The second-order valence-corrected chi connectivity index (χ2v) is 5.22. The summed E-state index contributed by atoms with van der Waals surface area (Å²) in [6.07, 6.45) is 1.20. The van der Waals surface area contributed by atoms with Crippen molar-refractivity contribution in [2.45, 2.75) is 19.3 Å². The molecule has 96 valence electrons. The molecule has 1 aromatic heterocycles. The third-order valence-corrected chi connectivity index (χ3v) is 4.04. The minimum Gasteiger partial charge on any atom is -0.395 e. The number of aromatic amines is 1. The van der Waals surface area contributed by atoms with E-state index in [9.17, 15) is 0 Å². The normalized spacial score (nSPS) is 20.9. The second kappa shape index (κ2) is 4.75. The Hall–Kier alpha value is -1.32. The Bertz CT molecular complexity index is 546. The first kappa shape index (κ1) is 11.8. The van der Waals surface area contributed by atoms with Crippen LogP contribution in [0.15, 0.2) is 24.3 Å². The van der Waals surface area contributed by atoms with Crippen molar-refractivity contribution >= 4 is 10.9 Å². The van der Waals surface area contributed by atoms with E-state index in [1.807, 2.05) is 0 Å². The molecule has 0 amide bonds. The molecule has 3 heteroatoms. The van der Waals surface area contributed by atoms with Crippen molar-refractivity contribution in [1.29, 1.82) is 0 Å². The van der Waals surface area contributed by atoms with Gasteiger partial charge in [0.2, 0.25) is 0 Å². The average Bonchev–Trinajstić information content (AvgIpc) is 2.92. The highest BCUT2D eigenvalue weighted by Gasteiger charge is 2.26. The monoisotopic (exact) mass is 244 g/mol. The van der Waals surface area contributed by atoms with E-state index in [1.165, 1.54) is 28.6 Å². The topological polar surface area (TPSA) is 39.3 Å². The van der Waals surface area contributed by atoms with Crippen LogP contribution in [0.4, 0.5) is 0 Å². The van der Waals surface area contributed by atoms with Gasteiger partial charge in [-0.1, -0.05) is 18.2 Å². The number of aromatic nitrogens is 1. The molecule has 0 spiro atoms. The van der Waals surface area contributed by atoms with Crippen molar-refractivity contribution in [3.63, 3.8) is 0 Å². The molecule has 0 aliphatic carbocycles. The molecule has 1 aromatic carbocycles. The number of rotatable bonds is 3. The summed E-state index contributed by atoms with van der Waals surface area (Å²) >= 11 is 0. The molecule has 0 radical (unpaired) electrons. The van der Waals surface area contributed by atoms with Gasteiger partial charge in [0, 0.05) is 35.6 Å². The number of nitrogens with zero attached hydrogens (tertiary/aromatic N) is 1. The minimum absolute atomic E-state index is 0.263. The van der Waals surface area contributed by atoms with Crippen LogP contribution in [0.3, 0.4) is 0 Å². The molecule has 18 heavy (non-hydrogen) atoms. The molecule has 1 unspecified atom stereocenters. The molecule has 1 atom stereocenters. The van der Waals surface area contributed by atoms with E-state index < -0.39 is 0 Å². The number of fused-ring (bicyclic) bond motifs is 1. The summed E-state index contributed by atoms with van der Waals surface area (Å²) < 4.78 is 0. The maximum atomic E-state index is 9.02. The summed E-state index contributed by atoms with van der Waals surface area (Å²) in [5.41, 5.74) is 4.02. The van der Waals surface area contributed by atoms with Gasteiger partial charge in [0.15, 0.2) is 0 Å². The van der Waals surface area contributed by atoms with Gasteiger partial charge in [-0.05, 0) is 31.5 Å². The number of likely N-dealkylation sites (tertiary alicyclic amines) is 1. The molecule has 1 saturated heterocycles. The van der Waals surface area contributed by atoms with Gasteiger partial charge in [-0.2, -0.15) is 0 Å². The molecule has 2 aromatic rings. The van der Waals surface area contributed by atoms with Crippen LogP contribution in [-0.2, 0) is 0 Å². The van der Waals surface area contributed by atoms with Crippen LogP contribution in [-0.4, -0.2) is 41.2 Å². The molecule has 0 bridgehead atoms. The SMILES string of the molecule is Cc1[nH]c2ccccc2c1C1CCN(CCO)C1. The minimum atomic E-state index is 0.263. The Morgan fingerprint density at radius 1 is 1.39 bits per heavy atom. The summed E-state index contributed by atoms with van der Waals surface area (Å²) in [5.74, 6) is 0.604. The summed E-state index contributed by atoms with van der Waals surface area (Å²) in [4.78, 5) is 5.84. The quantitative estimate of drug-likeness (QED) is 0.869. The number of hydrogen-bond donors (Lipinski definition) is 2. The maximum Gasteiger partial charge on any atom is 0.0558 e. The predicted molar refractivity (Wildman–Crippen MR) is 73.9 cm³/mol. The Morgan fingerprint density at radius 3 is 3.06 bits per heavy atom. The largest absolute Gasteiger partial charge is 0.395 e. The van der Waals surface area contributed by atoms with Crippen LogP contribution in [0.1, 0.15) is 23.6 Å². The van der Waals surface area contributed by atoms with Gasteiger partial charge in [0.25, 0.3) is 0 Å². The summed E-state index contributed by atoms with van der Waals surface area (Å²) in [6.45, 7) is 5.41. The molecule has 0 saturated carbocycles. The molecule has 3 nitrogen and oxygen atoms in total. The van der Waals surface area contributed by atoms with Gasteiger partial charge in [0.1, 0.15) is 0 Å². The van der Waals surface area contributed by atoms with Crippen molar-refractivity contribution in [3.8, 4) is 0 Å². The lowest BCUT2D eigenvalue weighted by Gasteiger charge is -2.14. The molecular formula is C15H20N2O. The van der Waals surface area contributed by atoms with Crippen molar-refractivity contribution < 1.29 is 5.11 Å². The van der Waals surface area contributed by atoms with Gasteiger partial charge in [-0.25, -0.2) is 0 Å². The second-order valence-electron chi connectivity index (χ2n) is 5.22. The van der Waals surface area contributed by atoms with Crippen LogP contribution < -0.4 is 0 Å². The highest BCUT2D eigenvalue weighted by atomic mass is 16.3. The molecule has 2 N–H and O–H groups in total. The Labute approximate surface area is 107 Å². The summed E-state index contributed by atoms with van der Waals surface area (Å²) in [7, 11) is 0. The lowest BCUT2D eigenvalue weighted by Crippen LogP contribution is -2.23.